The van der Waals surface area contributed by atoms with Crippen molar-refractivity contribution in [3.05, 3.63) is 48.2 Å². The Kier molecular flexibility index (Phi) is 3.88. The standard InChI is InChI=1S/C18H16F3N3O/c19-18(20,21)13-9-15(16-11-22-23-17(16)10-13)12-2-1-3-14(8-12)24-4-6-25-7-5-24/h1-3,8-11H,4-7H2,(H,22,23). The summed E-state index contributed by atoms with van der Waals surface area (Å²) in [5.41, 5.74) is 1.93. The van der Waals surface area contributed by atoms with E-state index in [2.05, 4.69) is 15.1 Å². The summed E-state index contributed by atoms with van der Waals surface area (Å²) in [6.07, 6.45) is -2.85. The molecule has 0 radical (unpaired) electrons. The Bertz CT molecular complexity index is 898. The van der Waals surface area contributed by atoms with Crippen molar-refractivity contribution in [1.29, 1.82) is 0 Å². The fraction of sp³-hybridized carbons (Fsp3) is 0.278. The molecule has 25 heavy (non-hydrogen) atoms. The molecule has 0 aliphatic carbocycles. The van der Waals surface area contributed by atoms with Crippen molar-refractivity contribution in [2.24, 2.45) is 0 Å². The molecule has 1 saturated heterocycles. The van der Waals surface area contributed by atoms with Crippen LogP contribution in [0.4, 0.5) is 18.9 Å². The fourth-order valence-electron chi connectivity index (χ4n) is 3.15. The Balaban J connectivity index is 1.82. The van der Waals surface area contributed by atoms with Gasteiger partial charge in [-0.2, -0.15) is 18.3 Å². The van der Waals surface area contributed by atoms with Crippen molar-refractivity contribution in [1.82, 2.24) is 10.2 Å². The molecule has 0 spiro atoms. The van der Waals surface area contributed by atoms with Gasteiger partial charge in [0.15, 0.2) is 0 Å². The quantitative estimate of drug-likeness (QED) is 0.759. The molecule has 1 aromatic heterocycles. The molecular weight excluding hydrogens is 331 g/mol. The number of ether oxygens (including phenoxy) is 1. The molecular formula is C18H16F3N3O. The van der Waals surface area contributed by atoms with Crippen molar-refractivity contribution < 1.29 is 17.9 Å². The van der Waals surface area contributed by atoms with Crippen LogP contribution in [0.25, 0.3) is 22.0 Å². The normalized spacial score (nSPS) is 15.7. The van der Waals surface area contributed by atoms with Crippen LogP contribution in [-0.4, -0.2) is 36.5 Å². The molecule has 1 aliphatic rings. The molecule has 0 atom stereocenters. The van der Waals surface area contributed by atoms with E-state index in [0.29, 0.717) is 29.7 Å². The largest absolute Gasteiger partial charge is 0.416 e. The van der Waals surface area contributed by atoms with Gasteiger partial charge >= 0.3 is 6.18 Å². The predicted molar refractivity (Wildman–Crippen MR) is 89.6 cm³/mol. The Hall–Kier alpha value is -2.54. The predicted octanol–water partition coefficient (Wildman–Crippen LogP) is 4.09. The average Bonchev–Trinajstić information content (AvgIpc) is 3.10. The number of hydrogen-bond acceptors (Lipinski definition) is 3. The molecule has 1 N–H and O–H groups in total. The van der Waals surface area contributed by atoms with Crippen LogP contribution in [0, 0.1) is 0 Å². The van der Waals surface area contributed by atoms with Crippen molar-refractivity contribution in [3.8, 4) is 11.1 Å². The second-order valence-corrected chi connectivity index (χ2v) is 6.00. The van der Waals surface area contributed by atoms with Gasteiger partial charge in [0.1, 0.15) is 0 Å². The SMILES string of the molecule is FC(F)(F)c1cc(-c2cccc(N3CCOCC3)c2)c2cn[nH]c2c1. The minimum absolute atomic E-state index is 0.376. The summed E-state index contributed by atoms with van der Waals surface area (Å²) in [5.74, 6) is 0. The van der Waals surface area contributed by atoms with E-state index in [4.69, 9.17) is 4.74 Å². The molecule has 4 nitrogen and oxygen atoms in total. The zero-order valence-electron chi connectivity index (χ0n) is 13.3. The van der Waals surface area contributed by atoms with Crippen LogP contribution in [0.3, 0.4) is 0 Å². The van der Waals surface area contributed by atoms with E-state index in [0.717, 1.165) is 30.4 Å². The molecule has 0 amide bonds. The zero-order chi connectivity index (χ0) is 17.4. The number of anilines is 1. The smallest absolute Gasteiger partial charge is 0.378 e. The number of alkyl halides is 3. The summed E-state index contributed by atoms with van der Waals surface area (Å²) in [7, 11) is 0. The number of nitrogens with one attached hydrogen (secondary N) is 1. The third-order valence-electron chi connectivity index (χ3n) is 4.42. The summed E-state index contributed by atoms with van der Waals surface area (Å²) in [5, 5.41) is 7.22. The van der Waals surface area contributed by atoms with E-state index < -0.39 is 11.7 Å². The fourth-order valence-corrected chi connectivity index (χ4v) is 3.15. The van der Waals surface area contributed by atoms with Gasteiger partial charge in [-0.3, -0.25) is 5.10 Å². The van der Waals surface area contributed by atoms with Gasteiger partial charge in [0.2, 0.25) is 0 Å². The first kappa shape index (κ1) is 16.0. The van der Waals surface area contributed by atoms with Crippen LogP contribution in [0.1, 0.15) is 5.56 Å². The lowest BCUT2D eigenvalue weighted by Crippen LogP contribution is -2.36. The molecule has 4 rings (SSSR count). The van der Waals surface area contributed by atoms with Gasteiger partial charge in [0.05, 0.1) is 30.5 Å². The van der Waals surface area contributed by atoms with Crippen molar-refractivity contribution in [2.75, 3.05) is 31.2 Å². The number of hydrogen-bond donors (Lipinski definition) is 1. The molecule has 0 unspecified atom stereocenters. The average molecular weight is 347 g/mol. The van der Waals surface area contributed by atoms with E-state index in [1.807, 2.05) is 24.3 Å². The van der Waals surface area contributed by atoms with Gasteiger partial charge in [-0.15, -0.1) is 0 Å². The molecule has 1 aliphatic heterocycles. The van der Waals surface area contributed by atoms with Crippen LogP contribution in [-0.2, 0) is 10.9 Å². The second-order valence-electron chi connectivity index (χ2n) is 6.00. The highest BCUT2D eigenvalue weighted by Crippen LogP contribution is 2.37. The zero-order valence-corrected chi connectivity index (χ0v) is 13.3. The number of morpholine rings is 1. The lowest BCUT2D eigenvalue weighted by molar-refractivity contribution is -0.137. The molecule has 0 saturated carbocycles. The van der Waals surface area contributed by atoms with Crippen molar-refractivity contribution in [2.45, 2.75) is 6.18 Å². The molecule has 2 heterocycles. The minimum Gasteiger partial charge on any atom is -0.378 e. The number of rotatable bonds is 2. The van der Waals surface area contributed by atoms with Gasteiger partial charge in [-0.25, -0.2) is 0 Å². The summed E-state index contributed by atoms with van der Waals surface area (Å²) in [4.78, 5) is 2.17. The van der Waals surface area contributed by atoms with E-state index in [1.165, 1.54) is 6.07 Å². The van der Waals surface area contributed by atoms with Crippen LogP contribution in [0.15, 0.2) is 42.6 Å². The number of fused-ring (bicyclic) bond motifs is 1. The number of H-pyrrole nitrogens is 1. The first-order chi connectivity index (χ1) is 12.0. The van der Waals surface area contributed by atoms with Gasteiger partial charge in [-0.05, 0) is 35.4 Å². The highest BCUT2D eigenvalue weighted by Gasteiger charge is 2.31. The summed E-state index contributed by atoms with van der Waals surface area (Å²) < 4.78 is 45.1. The number of benzene rings is 2. The second kappa shape index (κ2) is 6.07. The maximum Gasteiger partial charge on any atom is 0.416 e. The molecule has 130 valence electrons. The van der Waals surface area contributed by atoms with Crippen LogP contribution in [0.2, 0.25) is 0 Å². The van der Waals surface area contributed by atoms with Crippen molar-refractivity contribution in [3.63, 3.8) is 0 Å². The van der Waals surface area contributed by atoms with Crippen LogP contribution in [0.5, 0.6) is 0 Å². The third kappa shape index (κ3) is 3.07. The summed E-state index contributed by atoms with van der Waals surface area (Å²) >= 11 is 0. The number of halogens is 3. The lowest BCUT2D eigenvalue weighted by atomic mass is 9.98. The monoisotopic (exact) mass is 347 g/mol. The maximum atomic E-state index is 13.2. The molecule has 7 heteroatoms. The molecule has 1 fully saturated rings. The first-order valence-electron chi connectivity index (χ1n) is 8.00. The highest BCUT2D eigenvalue weighted by molar-refractivity contribution is 5.95. The maximum absolute atomic E-state index is 13.2. The Morgan fingerprint density at radius 3 is 2.64 bits per heavy atom. The van der Waals surface area contributed by atoms with Gasteiger partial charge in [-0.1, -0.05) is 12.1 Å². The summed E-state index contributed by atoms with van der Waals surface area (Å²) in [6.45, 7) is 2.85. The minimum atomic E-state index is -4.41. The molecule has 2 aromatic carbocycles. The number of nitrogens with zero attached hydrogens (tertiary/aromatic N) is 2. The van der Waals surface area contributed by atoms with Gasteiger partial charge in [0, 0.05) is 24.2 Å². The van der Waals surface area contributed by atoms with E-state index >= 15 is 0 Å². The Labute approximate surface area is 142 Å². The van der Waals surface area contributed by atoms with E-state index in [9.17, 15) is 13.2 Å². The van der Waals surface area contributed by atoms with Gasteiger partial charge in [0.25, 0.3) is 0 Å². The molecule has 3 aromatic rings. The third-order valence-corrected chi connectivity index (χ3v) is 4.42. The Morgan fingerprint density at radius 1 is 1.08 bits per heavy atom. The van der Waals surface area contributed by atoms with Gasteiger partial charge < -0.3 is 9.64 Å². The highest BCUT2D eigenvalue weighted by atomic mass is 19.4. The van der Waals surface area contributed by atoms with E-state index in [-0.39, 0.29) is 0 Å². The number of aromatic amines is 1. The van der Waals surface area contributed by atoms with E-state index in [1.54, 1.807) is 6.20 Å². The van der Waals surface area contributed by atoms with Crippen LogP contribution >= 0.6 is 0 Å². The summed E-state index contributed by atoms with van der Waals surface area (Å²) in [6, 6.07) is 9.87. The van der Waals surface area contributed by atoms with Crippen LogP contribution < -0.4 is 4.90 Å². The number of aromatic nitrogens is 2. The topological polar surface area (TPSA) is 41.1 Å². The molecule has 0 bridgehead atoms. The Morgan fingerprint density at radius 2 is 1.88 bits per heavy atom. The lowest BCUT2D eigenvalue weighted by Gasteiger charge is -2.29. The first-order valence-corrected chi connectivity index (χ1v) is 8.00. The van der Waals surface area contributed by atoms with Crippen molar-refractivity contribution >= 4 is 16.6 Å².